The van der Waals surface area contributed by atoms with Gasteiger partial charge in [0.05, 0.1) is 6.61 Å². The van der Waals surface area contributed by atoms with Crippen molar-refractivity contribution in [2.24, 2.45) is 4.99 Å². The van der Waals surface area contributed by atoms with Crippen LogP contribution in [0.15, 0.2) is 29.0 Å². The third-order valence-corrected chi connectivity index (χ3v) is 1.95. The Hall–Kier alpha value is -1.05. The highest BCUT2D eigenvalue weighted by atomic mass is 16.5. The summed E-state index contributed by atoms with van der Waals surface area (Å²) in [6, 6.07) is 0. The molecule has 0 bridgehead atoms. The van der Waals surface area contributed by atoms with Crippen molar-refractivity contribution in [3.05, 3.63) is 24.0 Å². The van der Waals surface area contributed by atoms with Crippen LogP contribution in [0.2, 0.25) is 0 Å². The predicted octanol–water partition coefficient (Wildman–Crippen LogP) is 3.74. The van der Waals surface area contributed by atoms with Crippen LogP contribution >= 0.6 is 0 Å². The van der Waals surface area contributed by atoms with Crippen LogP contribution in [-0.2, 0) is 4.74 Å². The Morgan fingerprint density at radius 1 is 1.20 bits per heavy atom. The number of nitrogens with zero attached hydrogens (tertiary/aromatic N) is 1. The van der Waals surface area contributed by atoms with Gasteiger partial charge in [-0.05, 0) is 38.0 Å². The van der Waals surface area contributed by atoms with Crippen LogP contribution in [0.5, 0.6) is 0 Å². The topological polar surface area (TPSA) is 21.6 Å². The highest BCUT2D eigenvalue weighted by molar-refractivity contribution is 5.92. The Morgan fingerprint density at radius 2 is 1.93 bits per heavy atom. The first-order valence-electron chi connectivity index (χ1n) is 5.69. The largest absolute Gasteiger partial charge is 0.494 e. The first-order chi connectivity index (χ1) is 7.24. The van der Waals surface area contributed by atoms with Crippen LogP contribution in [0.1, 0.15) is 40.0 Å². The van der Waals surface area contributed by atoms with Crippen molar-refractivity contribution >= 4 is 5.71 Å². The minimum absolute atomic E-state index is 0.780. The van der Waals surface area contributed by atoms with Crippen molar-refractivity contribution < 1.29 is 4.74 Å². The Labute approximate surface area is 93.7 Å². The molecule has 0 aliphatic heterocycles. The second-order valence-electron chi connectivity index (χ2n) is 3.44. The maximum Gasteiger partial charge on any atom is 0.115 e. The molecule has 0 unspecified atom stereocenters. The predicted molar refractivity (Wildman–Crippen MR) is 67.4 cm³/mol. The fraction of sp³-hybridized carbons (Fsp3) is 0.615. The van der Waals surface area contributed by atoms with Gasteiger partial charge in [-0.25, -0.2) is 0 Å². The van der Waals surface area contributed by atoms with Crippen molar-refractivity contribution in [1.82, 2.24) is 0 Å². The highest BCUT2D eigenvalue weighted by Gasteiger charge is 1.92. The fourth-order valence-corrected chi connectivity index (χ4v) is 0.959. The van der Waals surface area contributed by atoms with E-state index in [1.807, 2.05) is 19.1 Å². The fourth-order valence-electron chi connectivity index (χ4n) is 0.959. The number of unbranched alkanes of at least 4 members (excludes halogenated alkanes) is 1. The quantitative estimate of drug-likeness (QED) is 0.355. The summed E-state index contributed by atoms with van der Waals surface area (Å²) in [5, 5.41) is 0. The zero-order valence-corrected chi connectivity index (χ0v) is 10.4. The lowest BCUT2D eigenvalue weighted by molar-refractivity contribution is 0.223. The first-order valence-corrected chi connectivity index (χ1v) is 5.69. The SMILES string of the molecule is CCC/C=C(/C=C\C(C)=NC)OCCC. The molecule has 15 heavy (non-hydrogen) atoms. The van der Waals surface area contributed by atoms with Gasteiger partial charge in [0.25, 0.3) is 0 Å². The van der Waals surface area contributed by atoms with Crippen molar-refractivity contribution in [2.75, 3.05) is 13.7 Å². The van der Waals surface area contributed by atoms with Crippen LogP contribution < -0.4 is 0 Å². The van der Waals surface area contributed by atoms with E-state index in [0.29, 0.717) is 0 Å². The smallest absolute Gasteiger partial charge is 0.115 e. The third kappa shape index (κ3) is 7.98. The Balaban J connectivity index is 4.29. The van der Waals surface area contributed by atoms with E-state index in [1.54, 1.807) is 7.05 Å². The minimum Gasteiger partial charge on any atom is -0.494 e. The monoisotopic (exact) mass is 209 g/mol. The number of allylic oxidation sites excluding steroid dienone is 3. The van der Waals surface area contributed by atoms with Gasteiger partial charge in [-0.2, -0.15) is 0 Å². The molecule has 0 N–H and O–H groups in total. The summed E-state index contributed by atoms with van der Waals surface area (Å²) in [5.74, 6) is 0.960. The van der Waals surface area contributed by atoms with E-state index < -0.39 is 0 Å². The molecule has 0 radical (unpaired) electrons. The van der Waals surface area contributed by atoms with Gasteiger partial charge in [0.1, 0.15) is 5.76 Å². The minimum atomic E-state index is 0.780. The first kappa shape index (κ1) is 13.9. The number of aliphatic imine (C=N–C) groups is 1. The molecule has 0 aromatic carbocycles. The van der Waals surface area contributed by atoms with Gasteiger partial charge in [-0.1, -0.05) is 20.3 Å². The molecular weight excluding hydrogens is 186 g/mol. The lowest BCUT2D eigenvalue weighted by Gasteiger charge is -2.05. The summed E-state index contributed by atoms with van der Waals surface area (Å²) in [6.45, 7) is 7.03. The molecule has 0 aliphatic carbocycles. The van der Waals surface area contributed by atoms with Crippen molar-refractivity contribution in [3.63, 3.8) is 0 Å². The van der Waals surface area contributed by atoms with Gasteiger partial charge >= 0.3 is 0 Å². The lowest BCUT2D eigenvalue weighted by Crippen LogP contribution is -1.92. The van der Waals surface area contributed by atoms with E-state index in [-0.39, 0.29) is 0 Å². The number of ether oxygens (including phenoxy) is 1. The van der Waals surface area contributed by atoms with E-state index in [0.717, 1.165) is 37.3 Å². The molecule has 0 rings (SSSR count). The molecule has 0 atom stereocenters. The lowest BCUT2D eigenvalue weighted by atomic mass is 10.2. The molecule has 0 heterocycles. The van der Waals surface area contributed by atoms with E-state index in [1.165, 1.54) is 0 Å². The Kier molecular flexibility index (Phi) is 8.84. The summed E-state index contributed by atoms with van der Waals surface area (Å²) < 4.78 is 5.61. The van der Waals surface area contributed by atoms with Gasteiger partial charge < -0.3 is 4.74 Å². The average Bonchev–Trinajstić information content (AvgIpc) is 2.27. The molecule has 0 amide bonds. The van der Waals surface area contributed by atoms with Gasteiger partial charge in [0.15, 0.2) is 0 Å². The van der Waals surface area contributed by atoms with Crippen LogP contribution in [0.3, 0.4) is 0 Å². The van der Waals surface area contributed by atoms with Crippen LogP contribution in [-0.4, -0.2) is 19.4 Å². The molecule has 0 aliphatic rings. The average molecular weight is 209 g/mol. The Bertz CT molecular complexity index is 239. The molecule has 86 valence electrons. The van der Waals surface area contributed by atoms with Crippen LogP contribution in [0.25, 0.3) is 0 Å². The third-order valence-electron chi connectivity index (χ3n) is 1.95. The molecule has 2 heteroatoms. The summed E-state index contributed by atoms with van der Waals surface area (Å²) in [6.07, 6.45) is 9.36. The van der Waals surface area contributed by atoms with Crippen molar-refractivity contribution in [3.8, 4) is 0 Å². The summed E-state index contributed by atoms with van der Waals surface area (Å²) in [7, 11) is 1.79. The van der Waals surface area contributed by atoms with Gasteiger partial charge in [0.2, 0.25) is 0 Å². The standard InChI is InChI=1S/C13H23NO/c1-5-7-8-13(15-11-6-2)10-9-12(3)14-4/h8-10H,5-7,11H2,1-4H3/b10-9-,13-8-,14-12?. The van der Waals surface area contributed by atoms with Crippen LogP contribution in [0, 0.1) is 0 Å². The second-order valence-corrected chi connectivity index (χ2v) is 3.44. The normalized spacial score (nSPS) is 13.6. The molecule has 0 aromatic rings. The van der Waals surface area contributed by atoms with Gasteiger partial charge in [-0.15, -0.1) is 0 Å². The zero-order valence-electron chi connectivity index (χ0n) is 10.4. The number of hydrogen-bond acceptors (Lipinski definition) is 2. The zero-order chi connectivity index (χ0) is 11.5. The Morgan fingerprint density at radius 3 is 2.47 bits per heavy atom. The molecular formula is C13H23NO. The molecule has 0 aromatic heterocycles. The number of hydrogen-bond donors (Lipinski definition) is 0. The molecule has 2 nitrogen and oxygen atoms in total. The van der Waals surface area contributed by atoms with E-state index in [9.17, 15) is 0 Å². The van der Waals surface area contributed by atoms with E-state index in [2.05, 4.69) is 24.9 Å². The molecule has 0 spiro atoms. The summed E-state index contributed by atoms with van der Waals surface area (Å²) in [4.78, 5) is 4.07. The molecule has 0 fully saturated rings. The molecule has 0 saturated heterocycles. The second kappa shape index (κ2) is 9.50. The number of rotatable bonds is 7. The molecule has 0 saturated carbocycles. The maximum atomic E-state index is 5.61. The maximum absolute atomic E-state index is 5.61. The highest BCUT2D eigenvalue weighted by Crippen LogP contribution is 2.04. The van der Waals surface area contributed by atoms with E-state index >= 15 is 0 Å². The summed E-state index contributed by atoms with van der Waals surface area (Å²) in [5.41, 5.74) is 1.01. The van der Waals surface area contributed by atoms with Crippen molar-refractivity contribution in [2.45, 2.75) is 40.0 Å². The van der Waals surface area contributed by atoms with Gasteiger partial charge in [-0.3, -0.25) is 4.99 Å². The van der Waals surface area contributed by atoms with Gasteiger partial charge in [0, 0.05) is 12.8 Å². The van der Waals surface area contributed by atoms with Crippen molar-refractivity contribution in [1.29, 1.82) is 0 Å². The van der Waals surface area contributed by atoms with Crippen LogP contribution in [0.4, 0.5) is 0 Å². The van der Waals surface area contributed by atoms with E-state index in [4.69, 9.17) is 4.74 Å². The summed E-state index contributed by atoms with van der Waals surface area (Å²) >= 11 is 0.